The number of amides is 1. The largest absolute Gasteiger partial charge is 0.373 e. The Morgan fingerprint density at radius 3 is 2.54 bits per heavy atom. The molecule has 0 bridgehead atoms. The van der Waals surface area contributed by atoms with Crippen LogP contribution in [0.4, 0.5) is 14.6 Å². The van der Waals surface area contributed by atoms with Gasteiger partial charge in [0.25, 0.3) is 0 Å². The molecule has 1 aromatic heterocycles. The van der Waals surface area contributed by atoms with E-state index in [0.29, 0.717) is 24.9 Å². The molecule has 0 saturated carbocycles. The number of aryl methyl sites for hydroxylation is 1. The van der Waals surface area contributed by atoms with Crippen LogP contribution >= 0.6 is 0 Å². The molecule has 5 nitrogen and oxygen atoms in total. The number of fused-ring (bicyclic) bond motifs is 3. The normalized spacial score (nSPS) is 27.0. The van der Waals surface area contributed by atoms with Crippen LogP contribution in [0.25, 0.3) is 0 Å². The minimum absolute atomic E-state index is 0.0202. The standard InChI is InChI=1S/C32H35F2N3O2/c1-30(2)10-11-31(3,23-15-24(33)17-25(34)16-23)37(29(30)39)13-5-6-20-8-9-21-18-32(19-22(21)14-20)26-7-4-12-35-27(26)36-28(32)38/h4,7-9,12,14-17,28,38H,5-6,10-11,13,18-19H2,1-3H3,(H,35,36)/t28?,31-,32+/m0/s1. The lowest BCUT2D eigenvalue weighted by Crippen LogP contribution is -2.57. The van der Waals surface area contributed by atoms with E-state index in [1.54, 1.807) is 6.20 Å². The fraction of sp³-hybridized carbons (Fsp3) is 0.438. The summed E-state index contributed by atoms with van der Waals surface area (Å²) in [6.45, 7) is 6.32. The van der Waals surface area contributed by atoms with Gasteiger partial charge in [0.15, 0.2) is 0 Å². The number of nitrogens with zero attached hydrogens (tertiary/aromatic N) is 2. The average Bonchev–Trinajstić information content (AvgIpc) is 3.40. The number of aliphatic hydroxyl groups excluding tert-OH is 1. The quantitative estimate of drug-likeness (QED) is 0.448. The van der Waals surface area contributed by atoms with Gasteiger partial charge in [0.2, 0.25) is 5.91 Å². The first-order valence-corrected chi connectivity index (χ1v) is 13.8. The number of aliphatic hydroxyl groups is 1. The molecule has 1 spiro atoms. The van der Waals surface area contributed by atoms with E-state index in [1.807, 2.05) is 31.7 Å². The first-order valence-electron chi connectivity index (χ1n) is 13.8. The topological polar surface area (TPSA) is 65.5 Å². The second kappa shape index (κ2) is 9.12. The van der Waals surface area contributed by atoms with Crippen molar-refractivity contribution in [2.75, 3.05) is 11.9 Å². The minimum Gasteiger partial charge on any atom is -0.373 e. The zero-order valence-electron chi connectivity index (χ0n) is 22.7. The monoisotopic (exact) mass is 531 g/mol. The summed E-state index contributed by atoms with van der Waals surface area (Å²) in [7, 11) is 0. The van der Waals surface area contributed by atoms with Crippen LogP contribution in [-0.2, 0) is 35.0 Å². The number of pyridine rings is 1. The van der Waals surface area contributed by atoms with E-state index in [-0.39, 0.29) is 5.91 Å². The Morgan fingerprint density at radius 1 is 1.03 bits per heavy atom. The molecule has 1 saturated heterocycles. The van der Waals surface area contributed by atoms with Gasteiger partial charge in [-0.1, -0.05) is 38.1 Å². The van der Waals surface area contributed by atoms with Crippen molar-refractivity contribution in [3.63, 3.8) is 0 Å². The summed E-state index contributed by atoms with van der Waals surface area (Å²) in [6.07, 6.45) is 5.36. The molecule has 39 heavy (non-hydrogen) atoms. The number of carbonyl (C=O) groups excluding carboxylic acids is 1. The average molecular weight is 532 g/mol. The molecule has 1 unspecified atom stereocenters. The van der Waals surface area contributed by atoms with Gasteiger partial charge in [-0.05, 0) is 85.9 Å². The highest BCUT2D eigenvalue weighted by molar-refractivity contribution is 5.84. The minimum atomic E-state index is -0.771. The van der Waals surface area contributed by atoms with E-state index >= 15 is 0 Å². The lowest BCUT2D eigenvalue weighted by Gasteiger charge is -2.50. The summed E-state index contributed by atoms with van der Waals surface area (Å²) in [5.41, 5.74) is 3.53. The molecule has 7 heteroatoms. The predicted octanol–water partition coefficient (Wildman–Crippen LogP) is 5.64. The molecule has 1 amide bonds. The maximum Gasteiger partial charge on any atom is 0.228 e. The predicted molar refractivity (Wildman–Crippen MR) is 146 cm³/mol. The molecule has 6 rings (SSSR count). The Kier molecular flexibility index (Phi) is 6.06. The third kappa shape index (κ3) is 4.22. The fourth-order valence-electron chi connectivity index (χ4n) is 6.98. The summed E-state index contributed by atoms with van der Waals surface area (Å²) in [5.74, 6) is -0.471. The Bertz CT molecular complexity index is 1440. The van der Waals surface area contributed by atoms with Gasteiger partial charge in [-0.25, -0.2) is 13.8 Å². The number of carbonyl (C=O) groups is 1. The van der Waals surface area contributed by atoms with Crippen LogP contribution in [0.1, 0.15) is 67.9 Å². The van der Waals surface area contributed by atoms with Crippen molar-refractivity contribution in [2.24, 2.45) is 5.41 Å². The van der Waals surface area contributed by atoms with E-state index in [4.69, 9.17) is 0 Å². The number of likely N-dealkylation sites (tertiary alicyclic amines) is 1. The van der Waals surface area contributed by atoms with Crippen LogP contribution in [-0.4, -0.2) is 33.7 Å². The van der Waals surface area contributed by atoms with Crippen molar-refractivity contribution in [2.45, 2.75) is 76.5 Å². The third-order valence-corrected chi connectivity index (χ3v) is 9.41. The highest BCUT2D eigenvalue weighted by Crippen LogP contribution is 2.49. The third-order valence-electron chi connectivity index (χ3n) is 9.41. The maximum atomic E-state index is 14.2. The Hall–Kier alpha value is -3.32. The number of hydrogen-bond donors (Lipinski definition) is 2. The zero-order chi connectivity index (χ0) is 27.6. The molecule has 3 aromatic rings. The van der Waals surface area contributed by atoms with E-state index in [0.717, 1.165) is 43.1 Å². The number of hydrogen-bond acceptors (Lipinski definition) is 4. The highest BCUT2D eigenvalue weighted by atomic mass is 19.1. The van der Waals surface area contributed by atoms with Crippen molar-refractivity contribution in [1.29, 1.82) is 0 Å². The first kappa shape index (κ1) is 25.9. The van der Waals surface area contributed by atoms with Gasteiger partial charge < -0.3 is 15.3 Å². The van der Waals surface area contributed by atoms with E-state index < -0.39 is 34.2 Å². The number of nitrogens with one attached hydrogen (secondary N) is 1. The van der Waals surface area contributed by atoms with Gasteiger partial charge in [-0.15, -0.1) is 0 Å². The Morgan fingerprint density at radius 2 is 1.77 bits per heavy atom. The van der Waals surface area contributed by atoms with Crippen LogP contribution in [0, 0.1) is 17.0 Å². The molecule has 3 aliphatic rings. The van der Waals surface area contributed by atoms with Crippen molar-refractivity contribution >= 4 is 11.7 Å². The van der Waals surface area contributed by atoms with Crippen LogP contribution < -0.4 is 5.32 Å². The number of benzene rings is 2. The van der Waals surface area contributed by atoms with Gasteiger partial charge in [0.05, 0.1) is 11.0 Å². The Balaban J connectivity index is 1.20. The number of rotatable bonds is 5. The van der Waals surface area contributed by atoms with Gasteiger partial charge in [0, 0.05) is 29.8 Å². The van der Waals surface area contributed by atoms with Crippen LogP contribution in [0.3, 0.4) is 0 Å². The number of halogens is 2. The number of anilines is 1. The highest BCUT2D eigenvalue weighted by Gasteiger charge is 2.51. The zero-order valence-corrected chi connectivity index (χ0v) is 22.7. The smallest absolute Gasteiger partial charge is 0.228 e. The van der Waals surface area contributed by atoms with Crippen LogP contribution in [0.5, 0.6) is 0 Å². The molecule has 3 heterocycles. The summed E-state index contributed by atoms with van der Waals surface area (Å²) in [5, 5.41) is 14.1. The van der Waals surface area contributed by atoms with E-state index in [2.05, 4.69) is 34.6 Å². The second-order valence-corrected chi connectivity index (χ2v) is 12.4. The van der Waals surface area contributed by atoms with Gasteiger partial charge in [0.1, 0.15) is 23.7 Å². The lowest BCUT2D eigenvalue weighted by molar-refractivity contribution is -0.154. The molecule has 2 aromatic carbocycles. The van der Waals surface area contributed by atoms with Crippen LogP contribution in [0.15, 0.2) is 54.7 Å². The first-order chi connectivity index (χ1) is 18.5. The van der Waals surface area contributed by atoms with Gasteiger partial charge >= 0.3 is 0 Å². The number of aromatic nitrogens is 1. The second-order valence-electron chi connectivity index (χ2n) is 12.4. The van der Waals surface area contributed by atoms with Gasteiger partial charge in [-0.3, -0.25) is 4.79 Å². The van der Waals surface area contributed by atoms with Crippen molar-refractivity contribution in [3.05, 3.63) is 94.2 Å². The van der Waals surface area contributed by atoms with E-state index in [9.17, 15) is 18.7 Å². The molecule has 2 N–H and O–H groups in total. The maximum absolute atomic E-state index is 14.2. The molecule has 1 aliphatic carbocycles. The summed E-state index contributed by atoms with van der Waals surface area (Å²) in [6, 6.07) is 14.1. The van der Waals surface area contributed by atoms with Crippen LogP contribution in [0.2, 0.25) is 0 Å². The molecule has 204 valence electrons. The molecular weight excluding hydrogens is 496 g/mol. The molecular formula is C32H35F2N3O2. The number of piperidine rings is 1. The van der Waals surface area contributed by atoms with Crippen molar-refractivity contribution in [1.82, 2.24) is 9.88 Å². The SMILES string of the molecule is CC1(C)CC[C@@](C)(c2cc(F)cc(F)c2)N(CCCc2ccc3c(c2)C[C@]2(C3)c3cccnc3NC2O)C1=O. The summed E-state index contributed by atoms with van der Waals surface area (Å²) in [4.78, 5) is 19.8. The molecule has 3 atom stereocenters. The summed E-state index contributed by atoms with van der Waals surface area (Å²) >= 11 is 0. The Labute approximate surface area is 228 Å². The summed E-state index contributed by atoms with van der Waals surface area (Å²) < 4.78 is 28.3. The molecule has 1 fully saturated rings. The molecule has 0 radical (unpaired) electrons. The van der Waals surface area contributed by atoms with E-state index in [1.165, 1.54) is 28.8 Å². The van der Waals surface area contributed by atoms with Crippen molar-refractivity contribution < 1.29 is 18.7 Å². The molecule has 2 aliphatic heterocycles. The fourth-order valence-corrected chi connectivity index (χ4v) is 6.98. The lowest BCUT2D eigenvalue weighted by atomic mass is 9.72. The van der Waals surface area contributed by atoms with Gasteiger partial charge in [-0.2, -0.15) is 0 Å². The van der Waals surface area contributed by atoms with Crippen molar-refractivity contribution in [3.8, 4) is 0 Å².